The van der Waals surface area contributed by atoms with E-state index in [9.17, 15) is 0 Å². The van der Waals surface area contributed by atoms with Gasteiger partial charge in [-0.15, -0.1) is 0 Å². The summed E-state index contributed by atoms with van der Waals surface area (Å²) in [6, 6.07) is 9.44. The van der Waals surface area contributed by atoms with Gasteiger partial charge in [0.1, 0.15) is 5.15 Å². The number of benzene rings is 1. The Morgan fingerprint density at radius 2 is 1.90 bits per heavy atom. The molecule has 0 fully saturated rings. The van der Waals surface area contributed by atoms with Crippen molar-refractivity contribution in [2.24, 2.45) is 0 Å². The lowest BCUT2D eigenvalue weighted by molar-refractivity contribution is 1.07. The minimum absolute atomic E-state index is 0.403. The number of pyridine rings is 1. The number of anilines is 1. The molecule has 0 saturated carbocycles. The van der Waals surface area contributed by atoms with Gasteiger partial charge in [0.15, 0.2) is 0 Å². The van der Waals surface area contributed by atoms with Crippen LogP contribution < -0.4 is 5.32 Å². The van der Waals surface area contributed by atoms with E-state index in [-0.39, 0.29) is 0 Å². The number of halogens is 2. The molecule has 0 aliphatic heterocycles. The van der Waals surface area contributed by atoms with Crippen molar-refractivity contribution in [3.05, 3.63) is 58.5 Å². The van der Waals surface area contributed by atoms with E-state index in [1.165, 1.54) is 0 Å². The van der Waals surface area contributed by atoms with Crippen LogP contribution in [0.25, 0.3) is 10.9 Å². The van der Waals surface area contributed by atoms with Crippen LogP contribution in [-0.4, -0.2) is 15.0 Å². The predicted octanol–water partition coefficient (Wildman–Crippen LogP) is 3.94. The average Bonchev–Trinajstić information content (AvgIpc) is 2.46. The Labute approximate surface area is 125 Å². The predicted molar refractivity (Wildman–Crippen MR) is 81.1 cm³/mol. The van der Waals surface area contributed by atoms with Gasteiger partial charge in [0.05, 0.1) is 10.9 Å². The Hall–Kier alpha value is -1.91. The highest BCUT2D eigenvalue weighted by atomic mass is 35.5. The molecule has 20 heavy (non-hydrogen) atoms. The summed E-state index contributed by atoms with van der Waals surface area (Å²) in [5.74, 6) is 0.527. The first-order chi connectivity index (χ1) is 9.74. The van der Waals surface area contributed by atoms with Crippen molar-refractivity contribution >= 4 is 40.1 Å². The SMILES string of the molecule is Clc1ccccc1CNc1ncc2c(Cl)nccc2n1. The molecule has 2 aromatic heterocycles. The zero-order chi connectivity index (χ0) is 13.9. The summed E-state index contributed by atoms with van der Waals surface area (Å²) in [5, 5.41) is 5.00. The highest BCUT2D eigenvalue weighted by Crippen LogP contribution is 2.20. The van der Waals surface area contributed by atoms with Gasteiger partial charge in [-0.05, 0) is 17.7 Å². The third kappa shape index (κ3) is 2.66. The van der Waals surface area contributed by atoms with Gasteiger partial charge in [-0.3, -0.25) is 0 Å². The van der Waals surface area contributed by atoms with Crippen LogP contribution in [0, 0.1) is 0 Å². The van der Waals surface area contributed by atoms with Crippen molar-refractivity contribution in [2.75, 3.05) is 5.32 Å². The fourth-order valence-electron chi connectivity index (χ4n) is 1.83. The highest BCUT2D eigenvalue weighted by Gasteiger charge is 2.04. The van der Waals surface area contributed by atoms with E-state index < -0.39 is 0 Å². The smallest absolute Gasteiger partial charge is 0.223 e. The topological polar surface area (TPSA) is 50.7 Å². The van der Waals surface area contributed by atoms with E-state index in [4.69, 9.17) is 23.2 Å². The Bertz CT molecular complexity index is 761. The monoisotopic (exact) mass is 304 g/mol. The summed E-state index contributed by atoms with van der Waals surface area (Å²) in [5.41, 5.74) is 1.74. The van der Waals surface area contributed by atoms with E-state index in [1.54, 1.807) is 18.5 Å². The van der Waals surface area contributed by atoms with Gasteiger partial charge in [0, 0.05) is 24.0 Å². The molecule has 6 heteroatoms. The molecule has 0 aliphatic carbocycles. The van der Waals surface area contributed by atoms with E-state index in [2.05, 4.69) is 20.3 Å². The number of hydrogen-bond acceptors (Lipinski definition) is 4. The van der Waals surface area contributed by atoms with Crippen molar-refractivity contribution in [2.45, 2.75) is 6.54 Å². The average molecular weight is 305 g/mol. The molecule has 2 heterocycles. The Kier molecular flexibility index (Phi) is 3.67. The molecule has 3 aromatic rings. The summed E-state index contributed by atoms with van der Waals surface area (Å²) in [6.07, 6.45) is 3.28. The molecule has 0 spiro atoms. The molecular weight excluding hydrogens is 295 g/mol. The molecular formula is C14H10Cl2N4. The number of nitrogens with zero attached hydrogens (tertiary/aromatic N) is 3. The lowest BCUT2D eigenvalue weighted by atomic mass is 10.2. The maximum Gasteiger partial charge on any atom is 0.223 e. The second kappa shape index (κ2) is 5.61. The van der Waals surface area contributed by atoms with Crippen molar-refractivity contribution in [3.8, 4) is 0 Å². The molecule has 0 radical (unpaired) electrons. The van der Waals surface area contributed by atoms with Crippen molar-refractivity contribution in [1.29, 1.82) is 0 Å². The van der Waals surface area contributed by atoms with Crippen LogP contribution in [0.5, 0.6) is 0 Å². The molecule has 4 nitrogen and oxygen atoms in total. The molecule has 0 saturated heterocycles. The molecule has 0 aliphatic rings. The molecule has 3 rings (SSSR count). The van der Waals surface area contributed by atoms with E-state index in [1.807, 2.05) is 24.3 Å². The molecule has 1 aromatic carbocycles. The first-order valence-electron chi connectivity index (χ1n) is 5.98. The lowest BCUT2D eigenvalue weighted by Gasteiger charge is -2.07. The fourth-order valence-corrected chi connectivity index (χ4v) is 2.23. The fraction of sp³-hybridized carbons (Fsp3) is 0.0714. The molecule has 1 N–H and O–H groups in total. The number of hydrogen-bond donors (Lipinski definition) is 1. The number of aromatic nitrogens is 3. The zero-order valence-electron chi connectivity index (χ0n) is 10.3. The first kappa shape index (κ1) is 13.1. The molecule has 0 amide bonds. The van der Waals surface area contributed by atoms with Gasteiger partial charge in [-0.1, -0.05) is 41.4 Å². The van der Waals surface area contributed by atoms with Crippen LogP contribution >= 0.6 is 23.2 Å². The van der Waals surface area contributed by atoms with Crippen LogP contribution in [0.1, 0.15) is 5.56 Å². The van der Waals surface area contributed by atoms with Crippen LogP contribution in [-0.2, 0) is 6.54 Å². The van der Waals surface area contributed by atoms with E-state index in [0.29, 0.717) is 22.7 Å². The van der Waals surface area contributed by atoms with Gasteiger partial charge in [0.25, 0.3) is 0 Å². The summed E-state index contributed by atoms with van der Waals surface area (Å²) in [6.45, 7) is 0.560. The zero-order valence-corrected chi connectivity index (χ0v) is 11.9. The summed E-state index contributed by atoms with van der Waals surface area (Å²) in [4.78, 5) is 12.6. The van der Waals surface area contributed by atoms with Crippen molar-refractivity contribution in [3.63, 3.8) is 0 Å². The maximum absolute atomic E-state index is 6.10. The van der Waals surface area contributed by atoms with Gasteiger partial charge in [-0.2, -0.15) is 0 Å². The standard InChI is InChI=1S/C14H10Cl2N4/c15-11-4-2-1-3-9(11)7-18-14-19-8-10-12(20-14)5-6-17-13(10)16/h1-6,8H,7H2,(H,18,19,20). The first-order valence-corrected chi connectivity index (χ1v) is 6.74. The highest BCUT2D eigenvalue weighted by molar-refractivity contribution is 6.34. The largest absolute Gasteiger partial charge is 0.350 e. The van der Waals surface area contributed by atoms with E-state index in [0.717, 1.165) is 16.5 Å². The Balaban J connectivity index is 1.83. The van der Waals surface area contributed by atoms with Crippen LogP contribution in [0.15, 0.2) is 42.7 Å². The van der Waals surface area contributed by atoms with E-state index >= 15 is 0 Å². The van der Waals surface area contributed by atoms with Gasteiger partial charge in [0.2, 0.25) is 5.95 Å². The summed E-state index contributed by atoms with van der Waals surface area (Å²) < 4.78 is 0. The maximum atomic E-state index is 6.10. The van der Waals surface area contributed by atoms with Gasteiger partial charge >= 0.3 is 0 Å². The Morgan fingerprint density at radius 1 is 1.05 bits per heavy atom. The quantitative estimate of drug-likeness (QED) is 0.745. The summed E-state index contributed by atoms with van der Waals surface area (Å²) >= 11 is 12.1. The molecule has 0 unspecified atom stereocenters. The number of fused-ring (bicyclic) bond motifs is 1. The second-order valence-corrected chi connectivity index (χ2v) is 4.94. The normalized spacial score (nSPS) is 10.7. The third-order valence-electron chi connectivity index (χ3n) is 2.86. The lowest BCUT2D eigenvalue weighted by Crippen LogP contribution is -2.04. The van der Waals surface area contributed by atoms with Crippen molar-refractivity contribution in [1.82, 2.24) is 15.0 Å². The molecule has 100 valence electrons. The number of nitrogens with one attached hydrogen (secondary N) is 1. The van der Waals surface area contributed by atoms with Crippen LogP contribution in [0.2, 0.25) is 10.2 Å². The minimum Gasteiger partial charge on any atom is -0.350 e. The summed E-state index contributed by atoms with van der Waals surface area (Å²) in [7, 11) is 0. The minimum atomic E-state index is 0.403. The Morgan fingerprint density at radius 3 is 2.75 bits per heavy atom. The second-order valence-electron chi connectivity index (χ2n) is 4.17. The van der Waals surface area contributed by atoms with Crippen molar-refractivity contribution < 1.29 is 0 Å². The molecule has 0 bridgehead atoms. The third-order valence-corrected chi connectivity index (χ3v) is 3.53. The molecule has 0 atom stereocenters. The van der Waals surface area contributed by atoms with Gasteiger partial charge in [-0.25, -0.2) is 15.0 Å². The van der Waals surface area contributed by atoms with Crippen LogP contribution in [0.3, 0.4) is 0 Å². The van der Waals surface area contributed by atoms with Gasteiger partial charge < -0.3 is 5.32 Å². The van der Waals surface area contributed by atoms with Crippen LogP contribution in [0.4, 0.5) is 5.95 Å². The number of rotatable bonds is 3.